The van der Waals surface area contributed by atoms with Crippen molar-refractivity contribution in [3.63, 3.8) is 0 Å². The van der Waals surface area contributed by atoms with Crippen LogP contribution in [0.1, 0.15) is 24.2 Å². The number of hydrogen-bond acceptors (Lipinski definition) is 8. The van der Waals surface area contributed by atoms with E-state index in [0.29, 0.717) is 22.9 Å². The summed E-state index contributed by atoms with van der Waals surface area (Å²) in [5.74, 6) is -0.550. The van der Waals surface area contributed by atoms with Crippen molar-refractivity contribution in [1.29, 1.82) is 0 Å². The number of carbonyl (C=O) groups is 3. The highest BCUT2D eigenvalue weighted by atomic mass is 32.2. The molecule has 2 aromatic rings. The van der Waals surface area contributed by atoms with E-state index in [4.69, 9.17) is 13.9 Å². The van der Waals surface area contributed by atoms with Crippen LogP contribution in [0.15, 0.2) is 28.2 Å². The number of carbonyl (C=O) groups excluding carboxylic acids is 3. The fraction of sp³-hybridized carbons (Fsp3) is 0.353. The summed E-state index contributed by atoms with van der Waals surface area (Å²) in [6, 6.07) is 3.44. The van der Waals surface area contributed by atoms with Crippen LogP contribution in [0.2, 0.25) is 0 Å². The van der Waals surface area contributed by atoms with Crippen molar-refractivity contribution in [2.75, 3.05) is 30.0 Å². The SMILES string of the molecule is CCOC(=O)CSCC(=O)Nc1scc(-c2ccco2)c1C(=O)OCC. The van der Waals surface area contributed by atoms with E-state index in [1.807, 2.05) is 0 Å². The van der Waals surface area contributed by atoms with E-state index in [0.717, 1.165) is 11.8 Å². The molecule has 0 aliphatic carbocycles. The lowest BCUT2D eigenvalue weighted by molar-refractivity contribution is -0.139. The maximum atomic E-state index is 12.3. The van der Waals surface area contributed by atoms with E-state index in [-0.39, 0.29) is 35.6 Å². The molecule has 26 heavy (non-hydrogen) atoms. The summed E-state index contributed by atoms with van der Waals surface area (Å²) < 4.78 is 15.2. The fourth-order valence-corrected chi connectivity index (χ4v) is 3.62. The van der Waals surface area contributed by atoms with Gasteiger partial charge in [0.25, 0.3) is 0 Å². The fourth-order valence-electron chi connectivity index (χ4n) is 2.06. The predicted octanol–water partition coefficient (Wildman–Crippen LogP) is 3.42. The van der Waals surface area contributed by atoms with E-state index >= 15 is 0 Å². The minimum atomic E-state index is -0.533. The van der Waals surface area contributed by atoms with Crippen molar-refractivity contribution in [2.45, 2.75) is 13.8 Å². The second-order valence-electron chi connectivity index (χ2n) is 4.90. The van der Waals surface area contributed by atoms with E-state index in [1.54, 1.807) is 31.4 Å². The molecule has 1 amide bonds. The molecule has 2 heterocycles. The molecule has 0 fully saturated rings. The summed E-state index contributed by atoms with van der Waals surface area (Å²) in [6.45, 7) is 3.95. The van der Waals surface area contributed by atoms with Gasteiger partial charge in [0.1, 0.15) is 16.3 Å². The van der Waals surface area contributed by atoms with Crippen LogP contribution in [0.3, 0.4) is 0 Å². The standard InChI is InChI=1S/C17H19NO6S2/c1-3-22-14(20)10-25-9-13(19)18-16-15(17(21)23-4-2)11(8-26-16)12-6-5-7-24-12/h5-8H,3-4,9-10H2,1-2H3,(H,18,19). The number of ether oxygens (including phenoxy) is 2. The number of nitrogens with one attached hydrogen (secondary N) is 1. The normalized spacial score (nSPS) is 10.4. The molecule has 140 valence electrons. The number of furan rings is 1. The Balaban J connectivity index is 2.07. The summed E-state index contributed by atoms with van der Waals surface area (Å²) in [6.07, 6.45) is 1.51. The maximum Gasteiger partial charge on any atom is 0.341 e. The number of esters is 2. The quantitative estimate of drug-likeness (QED) is 0.648. The molecule has 2 rings (SSSR count). The van der Waals surface area contributed by atoms with E-state index in [9.17, 15) is 14.4 Å². The molecule has 2 aromatic heterocycles. The van der Waals surface area contributed by atoms with E-state index in [1.165, 1.54) is 17.6 Å². The van der Waals surface area contributed by atoms with Gasteiger partial charge in [0.05, 0.1) is 31.0 Å². The molecule has 0 aromatic carbocycles. The van der Waals surface area contributed by atoms with Crippen LogP contribution >= 0.6 is 23.1 Å². The molecule has 0 aliphatic heterocycles. The summed E-state index contributed by atoms with van der Waals surface area (Å²) in [7, 11) is 0. The third-order valence-electron chi connectivity index (χ3n) is 3.07. The first-order valence-electron chi connectivity index (χ1n) is 7.92. The van der Waals surface area contributed by atoms with Crippen molar-refractivity contribution >= 4 is 45.9 Å². The Kier molecular flexibility index (Phi) is 7.73. The average molecular weight is 397 g/mol. The van der Waals surface area contributed by atoms with Crippen molar-refractivity contribution in [3.8, 4) is 11.3 Å². The molecule has 1 N–H and O–H groups in total. The van der Waals surface area contributed by atoms with Crippen molar-refractivity contribution in [3.05, 3.63) is 29.3 Å². The summed E-state index contributed by atoms with van der Waals surface area (Å²) in [5.41, 5.74) is 0.823. The number of rotatable bonds is 9. The Morgan fingerprint density at radius 1 is 1.19 bits per heavy atom. The third-order valence-corrected chi connectivity index (χ3v) is 4.87. The highest BCUT2D eigenvalue weighted by molar-refractivity contribution is 8.00. The van der Waals surface area contributed by atoms with Crippen molar-refractivity contribution in [1.82, 2.24) is 0 Å². The summed E-state index contributed by atoms with van der Waals surface area (Å²) in [5, 5.41) is 4.82. The lowest BCUT2D eigenvalue weighted by Gasteiger charge is -2.08. The highest BCUT2D eigenvalue weighted by Gasteiger charge is 2.24. The first-order chi connectivity index (χ1) is 12.6. The molecular weight excluding hydrogens is 378 g/mol. The lowest BCUT2D eigenvalue weighted by Crippen LogP contribution is -2.17. The Bertz CT molecular complexity index is 753. The molecule has 0 aliphatic rings. The van der Waals surface area contributed by atoms with Gasteiger partial charge in [-0.05, 0) is 26.0 Å². The summed E-state index contributed by atoms with van der Waals surface area (Å²) >= 11 is 2.35. The molecule has 0 spiro atoms. The van der Waals surface area contributed by atoms with Gasteiger partial charge in [0.15, 0.2) is 0 Å². The molecule has 0 bridgehead atoms. The second kappa shape index (κ2) is 10.0. The van der Waals surface area contributed by atoms with Gasteiger partial charge in [-0.1, -0.05) is 0 Å². The van der Waals surface area contributed by atoms with Crippen LogP contribution in [0.5, 0.6) is 0 Å². The molecule has 0 unspecified atom stereocenters. The van der Waals surface area contributed by atoms with Gasteiger partial charge in [-0.2, -0.15) is 0 Å². The van der Waals surface area contributed by atoms with Crippen molar-refractivity contribution < 1.29 is 28.3 Å². The zero-order chi connectivity index (χ0) is 18.9. The zero-order valence-electron chi connectivity index (χ0n) is 14.4. The third kappa shape index (κ3) is 5.37. The molecular formula is C17H19NO6S2. The van der Waals surface area contributed by atoms with Crippen LogP contribution in [0.4, 0.5) is 5.00 Å². The Hall–Kier alpha value is -2.26. The zero-order valence-corrected chi connectivity index (χ0v) is 16.0. The Labute approximate surface area is 159 Å². The monoisotopic (exact) mass is 397 g/mol. The highest BCUT2D eigenvalue weighted by Crippen LogP contribution is 2.36. The van der Waals surface area contributed by atoms with Crippen LogP contribution in [-0.2, 0) is 19.1 Å². The first-order valence-corrected chi connectivity index (χ1v) is 9.95. The molecule has 0 saturated carbocycles. The molecule has 0 atom stereocenters. The number of hydrogen-bond donors (Lipinski definition) is 1. The van der Waals surface area contributed by atoms with Gasteiger partial charge < -0.3 is 19.2 Å². The van der Waals surface area contributed by atoms with Gasteiger partial charge in [0.2, 0.25) is 5.91 Å². The van der Waals surface area contributed by atoms with Crippen LogP contribution in [-0.4, -0.2) is 42.6 Å². The van der Waals surface area contributed by atoms with Gasteiger partial charge in [0, 0.05) is 10.9 Å². The van der Waals surface area contributed by atoms with Gasteiger partial charge in [-0.25, -0.2) is 4.79 Å². The first kappa shape index (κ1) is 20.1. The number of thioether (sulfide) groups is 1. The molecule has 0 saturated heterocycles. The molecule has 0 radical (unpaired) electrons. The number of thiophene rings is 1. The minimum absolute atomic E-state index is 0.0645. The number of anilines is 1. The van der Waals surface area contributed by atoms with Crippen molar-refractivity contribution in [2.24, 2.45) is 0 Å². The molecule has 9 heteroatoms. The Morgan fingerprint density at radius 3 is 2.62 bits per heavy atom. The molecule has 7 nitrogen and oxygen atoms in total. The van der Waals surface area contributed by atoms with Gasteiger partial charge in [-0.3, -0.25) is 9.59 Å². The van der Waals surface area contributed by atoms with E-state index in [2.05, 4.69) is 5.32 Å². The lowest BCUT2D eigenvalue weighted by atomic mass is 10.1. The van der Waals surface area contributed by atoms with Crippen LogP contribution in [0.25, 0.3) is 11.3 Å². The Morgan fingerprint density at radius 2 is 1.96 bits per heavy atom. The summed E-state index contributed by atoms with van der Waals surface area (Å²) in [4.78, 5) is 35.7. The topological polar surface area (TPSA) is 94.8 Å². The number of amides is 1. The van der Waals surface area contributed by atoms with Gasteiger partial charge in [-0.15, -0.1) is 23.1 Å². The van der Waals surface area contributed by atoms with Crippen LogP contribution in [0, 0.1) is 0 Å². The van der Waals surface area contributed by atoms with E-state index < -0.39 is 5.97 Å². The second-order valence-corrected chi connectivity index (χ2v) is 6.76. The van der Waals surface area contributed by atoms with Gasteiger partial charge >= 0.3 is 11.9 Å². The van der Waals surface area contributed by atoms with Crippen LogP contribution < -0.4 is 5.32 Å². The predicted molar refractivity (Wildman–Crippen MR) is 101 cm³/mol. The average Bonchev–Trinajstić information content (AvgIpc) is 3.24. The maximum absolute atomic E-state index is 12.3. The largest absolute Gasteiger partial charge is 0.465 e. The minimum Gasteiger partial charge on any atom is -0.465 e. The smallest absolute Gasteiger partial charge is 0.341 e.